The molecule has 0 spiro atoms. The van der Waals surface area contributed by atoms with Gasteiger partial charge in [0.2, 0.25) is 0 Å². The van der Waals surface area contributed by atoms with E-state index in [1.165, 1.54) is 17.6 Å². The summed E-state index contributed by atoms with van der Waals surface area (Å²) in [7, 11) is 1.47. The van der Waals surface area contributed by atoms with E-state index in [-0.39, 0.29) is 17.6 Å². The zero-order valence-electron chi connectivity index (χ0n) is 12.3. The van der Waals surface area contributed by atoms with Gasteiger partial charge in [0.05, 0.1) is 7.11 Å². The molecule has 2 aromatic rings. The van der Waals surface area contributed by atoms with Gasteiger partial charge in [-0.2, -0.15) is 0 Å². The third-order valence-electron chi connectivity index (χ3n) is 3.23. The summed E-state index contributed by atoms with van der Waals surface area (Å²) in [5, 5.41) is 0. The average molecular weight is 305 g/mol. The van der Waals surface area contributed by atoms with Crippen LogP contribution in [0.15, 0.2) is 47.4 Å². The standard InChI is InChI=1S/C17H20FNOS/c1-12-6-8-15(9-7-12)21-11-14(19)10-13-4-3-5-16(20-2)17(13)18/h3-9,14H,10-11,19H2,1-2H3. The van der Waals surface area contributed by atoms with Crippen LogP contribution in [0.3, 0.4) is 0 Å². The summed E-state index contributed by atoms with van der Waals surface area (Å²) in [6.07, 6.45) is 0.502. The maximum Gasteiger partial charge on any atom is 0.168 e. The van der Waals surface area contributed by atoms with Gasteiger partial charge in [0, 0.05) is 16.7 Å². The smallest absolute Gasteiger partial charge is 0.168 e. The monoisotopic (exact) mass is 305 g/mol. The maximum absolute atomic E-state index is 14.1. The minimum Gasteiger partial charge on any atom is -0.494 e. The van der Waals surface area contributed by atoms with Crippen LogP contribution in [0.5, 0.6) is 5.75 Å². The highest BCUT2D eigenvalue weighted by Crippen LogP contribution is 2.23. The molecule has 0 aliphatic heterocycles. The predicted molar refractivity (Wildman–Crippen MR) is 86.5 cm³/mol. The summed E-state index contributed by atoms with van der Waals surface area (Å²) in [5.41, 5.74) is 7.96. The average Bonchev–Trinajstić information content (AvgIpc) is 2.49. The first-order valence-corrected chi connectivity index (χ1v) is 7.85. The van der Waals surface area contributed by atoms with E-state index in [9.17, 15) is 4.39 Å². The molecule has 0 fully saturated rings. The minimum atomic E-state index is -0.309. The summed E-state index contributed by atoms with van der Waals surface area (Å²) in [4.78, 5) is 1.18. The van der Waals surface area contributed by atoms with E-state index in [1.807, 2.05) is 0 Å². The second kappa shape index (κ2) is 7.48. The molecule has 0 bridgehead atoms. The molecule has 0 saturated heterocycles. The van der Waals surface area contributed by atoms with Gasteiger partial charge in [-0.25, -0.2) is 4.39 Å². The molecule has 112 valence electrons. The topological polar surface area (TPSA) is 35.2 Å². The molecule has 21 heavy (non-hydrogen) atoms. The van der Waals surface area contributed by atoms with Crippen LogP contribution in [0, 0.1) is 12.7 Å². The number of halogens is 1. The van der Waals surface area contributed by atoms with Crippen molar-refractivity contribution in [3.63, 3.8) is 0 Å². The zero-order valence-corrected chi connectivity index (χ0v) is 13.1. The lowest BCUT2D eigenvalue weighted by atomic mass is 10.1. The Morgan fingerprint density at radius 1 is 1.19 bits per heavy atom. The van der Waals surface area contributed by atoms with Gasteiger partial charge in [-0.3, -0.25) is 0 Å². The molecule has 2 rings (SSSR count). The predicted octanol–water partition coefficient (Wildman–Crippen LogP) is 3.80. The third kappa shape index (κ3) is 4.48. The van der Waals surface area contributed by atoms with Crippen molar-refractivity contribution in [2.24, 2.45) is 5.73 Å². The van der Waals surface area contributed by atoms with Gasteiger partial charge in [-0.05, 0) is 37.1 Å². The van der Waals surface area contributed by atoms with Gasteiger partial charge in [0.25, 0.3) is 0 Å². The number of methoxy groups -OCH3 is 1. The van der Waals surface area contributed by atoms with Crippen LogP contribution < -0.4 is 10.5 Å². The Bertz CT molecular complexity index is 586. The third-order valence-corrected chi connectivity index (χ3v) is 4.43. The Morgan fingerprint density at radius 2 is 1.90 bits per heavy atom. The van der Waals surface area contributed by atoms with Crippen LogP contribution in [-0.4, -0.2) is 18.9 Å². The molecule has 2 aromatic carbocycles. The van der Waals surface area contributed by atoms with Gasteiger partial charge in [-0.15, -0.1) is 11.8 Å². The number of hydrogen-bond acceptors (Lipinski definition) is 3. The van der Waals surface area contributed by atoms with E-state index in [0.29, 0.717) is 12.0 Å². The lowest BCUT2D eigenvalue weighted by molar-refractivity contribution is 0.383. The fourth-order valence-electron chi connectivity index (χ4n) is 2.05. The minimum absolute atomic E-state index is 0.0992. The number of hydrogen-bond donors (Lipinski definition) is 1. The number of rotatable bonds is 6. The van der Waals surface area contributed by atoms with Crippen LogP contribution in [0.4, 0.5) is 4.39 Å². The first kappa shape index (κ1) is 15.9. The molecular formula is C17H20FNOS. The van der Waals surface area contributed by atoms with Crippen LogP contribution in [-0.2, 0) is 6.42 Å². The van der Waals surface area contributed by atoms with Gasteiger partial charge >= 0.3 is 0 Å². The number of aryl methyl sites for hydroxylation is 1. The molecule has 0 aliphatic carbocycles. The number of ether oxygens (including phenoxy) is 1. The molecule has 0 radical (unpaired) electrons. The molecule has 2 N–H and O–H groups in total. The van der Waals surface area contributed by atoms with Crippen LogP contribution in [0.1, 0.15) is 11.1 Å². The van der Waals surface area contributed by atoms with Gasteiger partial charge in [0.15, 0.2) is 11.6 Å². The highest BCUT2D eigenvalue weighted by molar-refractivity contribution is 7.99. The fourth-order valence-corrected chi connectivity index (χ4v) is 2.90. The van der Waals surface area contributed by atoms with Gasteiger partial charge in [-0.1, -0.05) is 29.8 Å². The van der Waals surface area contributed by atoms with Crippen molar-refractivity contribution in [3.05, 3.63) is 59.4 Å². The summed E-state index contributed by atoms with van der Waals surface area (Å²) in [5.74, 6) is 0.710. The summed E-state index contributed by atoms with van der Waals surface area (Å²) in [6.45, 7) is 2.06. The Kier molecular flexibility index (Phi) is 5.65. The van der Waals surface area contributed by atoms with Gasteiger partial charge in [0.1, 0.15) is 0 Å². The number of benzene rings is 2. The Morgan fingerprint density at radius 3 is 2.57 bits per heavy atom. The van der Waals surface area contributed by atoms with E-state index in [4.69, 9.17) is 10.5 Å². The lowest BCUT2D eigenvalue weighted by Gasteiger charge is -2.13. The van der Waals surface area contributed by atoms with Gasteiger partial charge < -0.3 is 10.5 Å². The lowest BCUT2D eigenvalue weighted by Crippen LogP contribution is -2.26. The van der Waals surface area contributed by atoms with Crippen LogP contribution in [0.2, 0.25) is 0 Å². The molecule has 0 aromatic heterocycles. The van der Waals surface area contributed by atoms with Crippen molar-refractivity contribution >= 4 is 11.8 Å². The van der Waals surface area contributed by atoms with E-state index in [2.05, 4.69) is 31.2 Å². The van der Waals surface area contributed by atoms with E-state index in [1.54, 1.807) is 30.0 Å². The Balaban J connectivity index is 1.92. The molecule has 1 atom stereocenters. The maximum atomic E-state index is 14.1. The van der Waals surface area contributed by atoms with E-state index < -0.39 is 0 Å². The second-order valence-electron chi connectivity index (χ2n) is 5.02. The quantitative estimate of drug-likeness (QED) is 0.824. The molecule has 0 aliphatic rings. The highest BCUT2D eigenvalue weighted by atomic mass is 32.2. The van der Waals surface area contributed by atoms with E-state index in [0.717, 1.165) is 5.75 Å². The van der Waals surface area contributed by atoms with Crippen molar-refractivity contribution in [2.75, 3.05) is 12.9 Å². The first-order chi connectivity index (χ1) is 10.1. The van der Waals surface area contributed by atoms with Crippen molar-refractivity contribution in [2.45, 2.75) is 24.3 Å². The van der Waals surface area contributed by atoms with Crippen LogP contribution >= 0.6 is 11.8 Å². The first-order valence-electron chi connectivity index (χ1n) is 6.86. The van der Waals surface area contributed by atoms with Crippen molar-refractivity contribution in [1.29, 1.82) is 0 Å². The molecule has 0 saturated carbocycles. The Hall–Kier alpha value is -1.52. The molecular weight excluding hydrogens is 285 g/mol. The summed E-state index contributed by atoms with van der Waals surface area (Å²) < 4.78 is 19.0. The number of nitrogens with two attached hydrogens (primary N) is 1. The Labute approximate surface area is 129 Å². The summed E-state index contributed by atoms with van der Waals surface area (Å²) in [6, 6.07) is 13.4. The molecule has 1 unspecified atom stereocenters. The van der Waals surface area contributed by atoms with Crippen molar-refractivity contribution in [3.8, 4) is 5.75 Å². The van der Waals surface area contributed by atoms with Crippen molar-refractivity contribution in [1.82, 2.24) is 0 Å². The fraction of sp³-hybridized carbons (Fsp3) is 0.294. The number of thioether (sulfide) groups is 1. The summed E-state index contributed by atoms with van der Waals surface area (Å²) >= 11 is 1.69. The van der Waals surface area contributed by atoms with Crippen molar-refractivity contribution < 1.29 is 9.13 Å². The molecule has 2 nitrogen and oxygen atoms in total. The van der Waals surface area contributed by atoms with Crippen LogP contribution in [0.25, 0.3) is 0 Å². The normalized spacial score (nSPS) is 12.2. The highest BCUT2D eigenvalue weighted by Gasteiger charge is 2.12. The molecule has 0 heterocycles. The van der Waals surface area contributed by atoms with E-state index >= 15 is 0 Å². The zero-order chi connectivity index (χ0) is 15.2. The molecule has 4 heteroatoms. The molecule has 0 amide bonds. The second-order valence-corrected chi connectivity index (χ2v) is 6.12. The largest absolute Gasteiger partial charge is 0.494 e. The SMILES string of the molecule is COc1cccc(CC(N)CSc2ccc(C)cc2)c1F.